The third kappa shape index (κ3) is 5.05. The van der Waals surface area contributed by atoms with Gasteiger partial charge in [-0.25, -0.2) is 4.39 Å². The van der Waals surface area contributed by atoms with Crippen molar-refractivity contribution in [1.29, 1.82) is 0 Å². The lowest BCUT2D eigenvalue weighted by Gasteiger charge is -2.13. The second kappa shape index (κ2) is 8.29. The van der Waals surface area contributed by atoms with Gasteiger partial charge < -0.3 is 14.8 Å². The highest BCUT2D eigenvalue weighted by atomic mass is 32.1. The van der Waals surface area contributed by atoms with Gasteiger partial charge in [-0.1, -0.05) is 6.07 Å². The van der Waals surface area contributed by atoms with Crippen LogP contribution in [0.4, 0.5) is 10.1 Å². The van der Waals surface area contributed by atoms with Gasteiger partial charge in [-0.05, 0) is 49.0 Å². The van der Waals surface area contributed by atoms with Gasteiger partial charge in [0.25, 0.3) is 5.91 Å². The van der Waals surface area contributed by atoms with E-state index in [9.17, 15) is 9.18 Å². The van der Waals surface area contributed by atoms with Gasteiger partial charge >= 0.3 is 0 Å². The summed E-state index contributed by atoms with van der Waals surface area (Å²) in [7, 11) is 2.99. The molecule has 1 amide bonds. The summed E-state index contributed by atoms with van der Waals surface area (Å²) in [6, 6.07) is 9.40. The van der Waals surface area contributed by atoms with E-state index in [-0.39, 0.29) is 10.9 Å². The molecule has 0 bridgehead atoms. The molecule has 0 unspecified atom stereocenters. The lowest BCUT2D eigenvalue weighted by Crippen LogP contribution is -2.43. The molecule has 8 heteroatoms. The molecular formula is C17H18FN3O3S. The number of amides is 1. The first-order valence-electron chi connectivity index (χ1n) is 7.29. The van der Waals surface area contributed by atoms with Crippen LogP contribution in [0, 0.1) is 12.7 Å². The van der Waals surface area contributed by atoms with E-state index < -0.39 is 5.91 Å². The Morgan fingerprint density at radius 1 is 1.04 bits per heavy atom. The maximum absolute atomic E-state index is 13.5. The predicted octanol–water partition coefficient (Wildman–Crippen LogP) is 2.78. The normalized spacial score (nSPS) is 9.92. The van der Waals surface area contributed by atoms with Crippen molar-refractivity contribution in [1.82, 2.24) is 10.9 Å². The van der Waals surface area contributed by atoms with Crippen LogP contribution in [0.25, 0.3) is 0 Å². The summed E-state index contributed by atoms with van der Waals surface area (Å²) in [5, 5.41) is 2.90. The molecule has 0 spiro atoms. The fourth-order valence-electron chi connectivity index (χ4n) is 1.96. The number of thiocarbonyl (C=S) groups is 1. The number of carbonyl (C=O) groups excluding carboxylic acids is 1. The van der Waals surface area contributed by atoms with Crippen molar-refractivity contribution in [3.8, 4) is 11.5 Å². The highest BCUT2D eigenvalue weighted by Gasteiger charge is 2.10. The number of hydrogen-bond acceptors (Lipinski definition) is 4. The first kappa shape index (κ1) is 18.5. The van der Waals surface area contributed by atoms with Crippen molar-refractivity contribution in [2.45, 2.75) is 6.92 Å². The van der Waals surface area contributed by atoms with Crippen LogP contribution in [0.5, 0.6) is 11.5 Å². The number of hydrazine groups is 1. The third-order valence-corrected chi connectivity index (χ3v) is 3.54. The van der Waals surface area contributed by atoms with Crippen LogP contribution in [-0.2, 0) is 0 Å². The number of rotatable bonds is 4. The number of hydrogen-bond donors (Lipinski definition) is 3. The summed E-state index contributed by atoms with van der Waals surface area (Å²) >= 11 is 5.07. The van der Waals surface area contributed by atoms with Crippen LogP contribution in [0.15, 0.2) is 36.4 Å². The minimum Gasteiger partial charge on any atom is -0.497 e. The van der Waals surface area contributed by atoms with Crippen molar-refractivity contribution in [2.75, 3.05) is 19.5 Å². The van der Waals surface area contributed by atoms with Crippen LogP contribution in [0.1, 0.15) is 15.9 Å². The lowest BCUT2D eigenvalue weighted by atomic mass is 10.2. The Labute approximate surface area is 150 Å². The van der Waals surface area contributed by atoms with Crippen molar-refractivity contribution >= 4 is 28.9 Å². The summed E-state index contributed by atoms with van der Waals surface area (Å²) in [6.45, 7) is 1.66. The summed E-state index contributed by atoms with van der Waals surface area (Å²) in [5.74, 6) is 0.192. The van der Waals surface area contributed by atoms with Gasteiger partial charge in [0.2, 0.25) is 0 Å². The van der Waals surface area contributed by atoms with E-state index in [4.69, 9.17) is 21.7 Å². The standard InChI is InChI=1S/C17H18FN3O3S/c1-10-4-5-12(8-15(10)18)19-17(25)21-20-16(22)11-6-13(23-2)9-14(7-11)24-3/h4-9H,1-3H3,(H,20,22)(H2,19,21,25). The van der Waals surface area contributed by atoms with Gasteiger partial charge in [0.05, 0.1) is 14.2 Å². The van der Waals surface area contributed by atoms with Crippen LogP contribution in [0.2, 0.25) is 0 Å². The highest BCUT2D eigenvalue weighted by Crippen LogP contribution is 2.22. The number of aryl methyl sites for hydroxylation is 1. The Kier molecular flexibility index (Phi) is 6.13. The Hall–Kier alpha value is -2.87. The molecule has 0 fully saturated rings. The molecule has 132 valence electrons. The second-order valence-electron chi connectivity index (χ2n) is 5.10. The maximum Gasteiger partial charge on any atom is 0.269 e. The number of halogens is 1. The van der Waals surface area contributed by atoms with Gasteiger partial charge in [-0.2, -0.15) is 0 Å². The minimum absolute atomic E-state index is 0.117. The van der Waals surface area contributed by atoms with Gasteiger partial charge in [0.1, 0.15) is 17.3 Å². The molecule has 0 saturated heterocycles. The van der Waals surface area contributed by atoms with Gasteiger partial charge in [-0.3, -0.25) is 15.6 Å². The number of carbonyl (C=O) groups is 1. The van der Waals surface area contributed by atoms with E-state index in [2.05, 4.69) is 16.2 Å². The fourth-order valence-corrected chi connectivity index (χ4v) is 2.13. The average molecular weight is 363 g/mol. The number of anilines is 1. The second-order valence-corrected chi connectivity index (χ2v) is 5.51. The molecule has 3 N–H and O–H groups in total. The number of ether oxygens (including phenoxy) is 2. The van der Waals surface area contributed by atoms with Crippen molar-refractivity contribution < 1.29 is 18.7 Å². The quantitative estimate of drug-likeness (QED) is 0.573. The van der Waals surface area contributed by atoms with E-state index in [1.807, 2.05) is 0 Å². The van der Waals surface area contributed by atoms with Crippen LogP contribution >= 0.6 is 12.2 Å². The molecule has 2 rings (SSSR count). The molecule has 2 aromatic carbocycles. The van der Waals surface area contributed by atoms with Crippen molar-refractivity contribution in [3.63, 3.8) is 0 Å². The van der Waals surface area contributed by atoms with Gasteiger partial charge in [-0.15, -0.1) is 0 Å². The molecule has 0 aliphatic carbocycles. The summed E-state index contributed by atoms with van der Waals surface area (Å²) in [5.41, 5.74) is 6.33. The van der Waals surface area contributed by atoms with E-state index in [1.165, 1.54) is 20.3 Å². The molecule has 0 atom stereocenters. The third-order valence-electron chi connectivity index (χ3n) is 3.33. The Morgan fingerprint density at radius 3 is 2.24 bits per heavy atom. The van der Waals surface area contributed by atoms with Crippen LogP contribution < -0.4 is 25.6 Å². The summed E-state index contributed by atoms with van der Waals surface area (Å²) < 4.78 is 23.7. The molecule has 0 radical (unpaired) electrons. The van der Waals surface area contributed by atoms with E-state index >= 15 is 0 Å². The topological polar surface area (TPSA) is 71.6 Å². The zero-order valence-corrected chi connectivity index (χ0v) is 14.8. The monoisotopic (exact) mass is 363 g/mol. The molecule has 0 aromatic heterocycles. The Balaban J connectivity index is 1.97. The first-order chi connectivity index (χ1) is 11.9. The molecule has 0 aliphatic heterocycles. The molecule has 2 aromatic rings. The highest BCUT2D eigenvalue weighted by molar-refractivity contribution is 7.80. The average Bonchev–Trinajstić information content (AvgIpc) is 2.62. The minimum atomic E-state index is -0.434. The smallest absolute Gasteiger partial charge is 0.269 e. The van der Waals surface area contributed by atoms with Gasteiger partial charge in [0.15, 0.2) is 5.11 Å². The zero-order valence-electron chi connectivity index (χ0n) is 14.0. The summed E-state index contributed by atoms with van der Waals surface area (Å²) in [6.07, 6.45) is 0. The van der Waals surface area contributed by atoms with Crippen LogP contribution in [-0.4, -0.2) is 25.2 Å². The van der Waals surface area contributed by atoms with Crippen molar-refractivity contribution in [2.24, 2.45) is 0 Å². The predicted molar refractivity (Wildman–Crippen MR) is 97.5 cm³/mol. The lowest BCUT2D eigenvalue weighted by molar-refractivity contribution is 0.0943. The number of nitrogens with one attached hydrogen (secondary N) is 3. The molecular weight excluding hydrogens is 345 g/mol. The number of benzene rings is 2. The number of methoxy groups -OCH3 is 2. The van der Waals surface area contributed by atoms with Crippen molar-refractivity contribution in [3.05, 3.63) is 53.3 Å². The van der Waals surface area contributed by atoms with E-state index in [0.717, 1.165) is 0 Å². The fraction of sp³-hybridized carbons (Fsp3) is 0.176. The first-order valence-corrected chi connectivity index (χ1v) is 7.70. The SMILES string of the molecule is COc1cc(OC)cc(C(=O)NNC(=S)Nc2ccc(C)c(F)c2)c1. The Bertz CT molecular complexity index is 776. The largest absolute Gasteiger partial charge is 0.497 e. The van der Waals surface area contributed by atoms with E-state index in [0.29, 0.717) is 28.3 Å². The molecule has 0 heterocycles. The molecule has 25 heavy (non-hydrogen) atoms. The molecule has 0 saturated carbocycles. The maximum atomic E-state index is 13.5. The molecule has 0 aliphatic rings. The van der Waals surface area contributed by atoms with Crippen LogP contribution in [0.3, 0.4) is 0 Å². The van der Waals surface area contributed by atoms with Gasteiger partial charge in [0, 0.05) is 17.3 Å². The Morgan fingerprint density at radius 2 is 1.68 bits per heavy atom. The zero-order chi connectivity index (χ0) is 18.4. The van der Waals surface area contributed by atoms with E-state index in [1.54, 1.807) is 37.3 Å². The molecule has 6 nitrogen and oxygen atoms in total. The summed E-state index contributed by atoms with van der Waals surface area (Å²) in [4.78, 5) is 12.2.